The zero-order chi connectivity index (χ0) is 21.6. The number of hydrogen-bond acceptors (Lipinski definition) is 5. The third-order valence-corrected chi connectivity index (χ3v) is 6.05. The van der Waals surface area contributed by atoms with Gasteiger partial charge in [0.2, 0.25) is 11.8 Å². The average molecular weight is 418 g/mol. The molecule has 1 aromatic carbocycles. The molecule has 3 heterocycles. The Morgan fingerprint density at radius 3 is 2.67 bits per heavy atom. The molecule has 4 rings (SSSR count). The Hall–Kier alpha value is -3.01. The molecule has 1 aromatic heterocycles. The zero-order valence-electron chi connectivity index (χ0n) is 16.5. The lowest BCUT2D eigenvalue weighted by Crippen LogP contribution is -2.44. The first kappa shape index (κ1) is 20.3. The SMILES string of the molecule is Cn1c(=O)n(C2CCC(=O)NC2=O)c2ccc(C3CCN(CC(=O)O)CC3F)cc21. The summed E-state index contributed by atoms with van der Waals surface area (Å²) in [5.74, 6) is -2.23. The molecule has 3 atom stereocenters. The van der Waals surface area contributed by atoms with Crippen molar-refractivity contribution in [2.45, 2.75) is 37.4 Å². The van der Waals surface area contributed by atoms with E-state index in [0.717, 1.165) is 5.56 Å². The number of carbonyl (C=O) groups is 3. The monoisotopic (exact) mass is 418 g/mol. The molecule has 0 radical (unpaired) electrons. The molecule has 0 saturated carbocycles. The minimum atomic E-state index is -1.22. The van der Waals surface area contributed by atoms with E-state index in [9.17, 15) is 23.6 Å². The number of likely N-dealkylation sites (tertiary alicyclic amines) is 1. The fourth-order valence-electron chi connectivity index (χ4n) is 4.52. The van der Waals surface area contributed by atoms with E-state index >= 15 is 0 Å². The van der Waals surface area contributed by atoms with E-state index < -0.39 is 30.0 Å². The Bertz CT molecular complexity index is 1090. The van der Waals surface area contributed by atoms with Gasteiger partial charge >= 0.3 is 11.7 Å². The number of imide groups is 1. The molecular weight excluding hydrogens is 395 g/mol. The number of carboxylic acid groups (broad SMARTS) is 1. The van der Waals surface area contributed by atoms with Gasteiger partial charge in [-0.3, -0.25) is 33.7 Å². The summed E-state index contributed by atoms with van der Waals surface area (Å²) in [5.41, 5.74) is 1.51. The van der Waals surface area contributed by atoms with Crippen LogP contribution in [0.4, 0.5) is 4.39 Å². The maximum Gasteiger partial charge on any atom is 0.329 e. The summed E-state index contributed by atoms with van der Waals surface area (Å²) in [6.07, 6.45) is -0.331. The number of carboxylic acids is 1. The van der Waals surface area contributed by atoms with Gasteiger partial charge in [-0.1, -0.05) is 6.07 Å². The molecule has 2 aliphatic rings. The highest BCUT2D eigenvalue weighted by molar-refractivity contribution is 6.00. The van der Waals surface area contributed by atoms with Crippen molar-refractivity contribution in [1.29, 1.82) is 0 Å². The number of halogens is 1. The van der Waals surface area contributed by atoms with Crippen LogP contribution in [0.5, 0.6) is 0 Å². The normalized spacial score (nSPS) is 25.5. The smallest absolute Gasteiger partial charge is 0.329 e. The Morgan fingerprint density at radius 1 is 1.23 bits per heavy atom. The van der Waals surface area contributed by atoms with Crippen LogP contribution in [0.3, 0.4) is 0 Å². The molecule has 2 N–H and O–H groups in total. The van der Waals surface area contributed by atoms with Crippen LogP contribution >= 0.6 is 0 Å². The highest BCUT2D eigenvalue weighted by Gasteiger charge is 2.33. The van der Waals surface area contributed by atoms with Crippen LogP contribution in [0.2, 0.25) is 0 Å². The first-order valence-electron chi connectivity index (χ1n) is 9.89. The van der Waals surface area contributed by atoms with Crippen LogP contribution in [0.25, 0.3) is 11.0 Å². The molecule has 2 aliphatic heterocycles. The Morgan fingerprint density at radius 2 is 2.00 bits per heavy atom. The molecule has 160 valence electrons. The van der Waals surface area contributed by atoms with E-state index in [2.05, 4.69) is 5.32 Å². The van der Waals surface area contributed by atoms with Gasteiger partial charge in [-0.25, -0.2) is 9.18 Å². The summed E-state index contributed by atoms with van der Waals surface area (Å²) in [6.45, 7) is 0.340. The fraction of sp³-hybridized carbons (Fsp3) is 0.500. The summed E-state index contributed by atoms with van der Waals surface area (Å²) in [7, 11) is 1.60. The van der Waals surface area contributed by atoms with Gasteiger partial charge in [-0.05, 0) is 37.1 Å². The van der Waals surface area contributed by atoms with Gasteiger partial charge in [-0.15, -0.1) is 0 Å². The minimum absolute atomic E-state index is 0.0468. The lowest BCUT2D eigenvalue weighted by molar-refractivity contribution is -0.139. The predicted molar refractivity (Wildman–Crippen MR) is 105 cm³/mol. The van der Waals surface area contributed by atoms with Crippen molar-refractivity contribution in [2.75, 3.05) is 19.6 Å². The molecule has 3 unspecified atom stereocenters. The lowest BCUT2D eigenvalue weighted by Gasteiger charge is -2.34. The number of benzene rings is 1. The van der Waals surface area contributed by atoms with Crippen molar-refractivity contribution >= 4 is 28.8 Å². The summed E-state index contributed by atoms with van der Waals surface area (Å²) >= 11 is 0. The van der Waals surface area contributed by atoms with Crippen molar-refractivity contribution in [3.8, 4) is 0 Å². The quantitative estimate of drug-likeness (QED) is 0.701. The molecule has 0 aliphatic carbocycles. The highest BCUT2D eigenvalue weighted by Crippen LogP contribution is 2.33. The Labute approximate surface area is 171 Å². The molecule has 2 saturated heterocycles. The second-order valence-corrected chi connectivity index (χ2v) is 7.97. The molecule has 0 spiro atoms. The van der Waals surface area contributed by atoms with Crippen molar-refractivity contribution in [3.05, 3.63) is 34.2 Å². The number of nitrogens with one attached hydrogen (secondary N) is 1. The molecule has 10 heteroatoms. The second kappa shape index (κ2) is 7.67. The maximum atomic E-state index is 14.8. The van der Waals surface area contributed by atoms with Crippen LogP contribution in [-0.4, -0.2) is 62.7 Å². The topological polar surface area (TPSA) is 114 Å². The van der Waals surface area contributed by atoms with Gasteiger partial charge in [0, 0.05) is 25.9 Å². The summed E-state index contributed by atoms with van der Waals surface area (Å²) < 4.78 is 17.6. The molecule has 2 amide bonds. The van der Waals surface area contributed by atoms with Crippen LogP contribution < -0.4 is 11.0 Å². The number of piperidine rings is 2. The number of amides is 2. The molecule has 2 aromatic rings. The number of hydrogen-bond donors (Lipinski definition) is 2. The predicted octanol–water partition coefficient (Wildman–Crippen LogP) is 0.530. The first-order chi connectivity index (χ1) is 14.3. The number of alkyl halides is 1. The van der Waals surface area contributed by atoms with Crippen LogP contribution in [-0.2, 0) is 21.4 Å². The van der Waals surface area contributed by atoms with Gasteiger partial charge in [0.25, 0.3) is 0 Å². The zero-order valence-corrected chi connectivity index (χ0v) is 16.5. The third kappa shape index (κ3) is 3.51. The number of aryl methyl sites for hydroxylation is 1. The average Bonchev–Trinajstić information content (AvgIpc) is 2.92. The largest absolute Gasteiger partial charge is 0.480 e. The number of nitrogens with zero attached hydrogens (tertiary/aromatic N) is 3. The third-order valence-electron chi connectivity index (χ3n) is 6.05. The number of aliphatic carboxylic acids is 1. The van der Waals surface area contributed by atoms with E-state index in [-0.39, 0.29) is 37.5 Å². The van der Waals surface area contributed by atoms with E-state index in [1.807, 2.05) is 0 Å². The van der Waals surface area contributed by atoms with Gasteiger partial charge in [-0.2, -0.15) is 0 Å². The Balaban J connectivity index is 1.65. The van der Waals surface area contributed by atoms with Gasteiger partial charge < -0.3 is 5.11 Å². The fourth-order valence-corrected chi connectivity index (χ4v) is 4.52. The standard InChI is InChI=1S/C20H23FN4O5/c1-23-16-8-11(12-6-7-24(9-13(12)21)10-18(27)28)2-3-14(16)25(20(23)30)15-4-5-17(26)22-19(15)29/h2-3,8,12-13,15H,4-7,9-10H2,1H3,(H,27,28)(H,22,26,29). The Kier molecular flexibility index (Phi) is 5.19. The van der Waals surface area contributed by atoms with E-state index in [1.165, 1.54) is 9.13 Å². The van der Waals surface area contributed by atoms with Crippen LogP contribution in [0.1, 0.15) is 36.8 Å². The van der Waals surface area contributed by atoms with Crippen LogP contribution in [0.15, 0.2) is 23.0 Å². The molecule has 30 heavy (non-hydrogen) atoms. The first-order valence-corrected chi connectivity index (χ1v) is 9.89. The van der Waals surface area contributed by atoms with Crippen molar-refractivity contribution < 1.29 is 23.9 Å². The van der Waals surface area contributed by atoms with E-state index in [0.29, 0.717) is 24.0 Å². The van der Waals surface area contributed by atoms with E-state index in [1.54, 1.807) is 30.1 Å². The van der Waals surface area contributed by atoms with Gasteiger partial charge in [0.15, 0.2) is 0 Å². The van der Waals surface area contributed by atoms with Crippen molar-refractivity contribution in [1.82, 2.24) is 19.4 Å². The van der Waals surface area contributed by atoms with Crippen molar-refractivity contribution in [3.63, 3.8) is 0 Å². The van der Waals surface area contributed by atoms with Crippen molar-refractivity contribution in [2.24, 2.45) is 7.05 Å². The number of fused-ring (bicyclic) bond motifs is 1. The number of carbonyl (C=O) groups excluding carboxylic acids is 2. The summed E-state index contributed by atoms with van der Waals surface area (Å²) in [6, 6.07) is 4.47. The van der Waals surface area contributed by atoms with Gasteiger partial charge in [0.05, 0.1) is 17.6 Å². The highest BCUT2D eigenvalue weighted by atomic mass is 19.1. The number of aromatic nitrogens is 2. The lowest BCUT2D eigenvalue weighted by atomic mass is 9.87. The summed E-state index contributed by atoms with van der Waals surface area (Å²) in [4.78, 5) is 49.0. The van der Waals surface area contributed by atoms with E-state index in [4.69, 9.17) is 5.11 Å². The maximum absolute atomic E-state index is 14.8. The summed E-state index contributed by atoms with van der Waals surface area (Å²) in [5, 5.41) is 11.2. The molecule has 2 fully saturated rings. The molecular formula is C20H23FN4O5. The minimum Gasteiger partial charge on any atom is -0.480 e. The number of imidazole rings is 1. The second-order valence-electron chi connectivity index (χ2n) is 7.97. The van der Waals surface area contributed by atoms with Gasteiger partial charge in [0.1, 0.15) is 12.2 Å². The molecule has 0 bridgehead atoms. The van der Waals surface area contributed by atoms with Crippen LogP contribution in [0, 0.1) is 0 Å². The molecule has 9 nitrogen and oxygen atoms in total. The number of rotatable bonds is 4.